The standard InChI is InChI=1S/C28H50N2O5/c1-25(2)17-21(18-26(3,4)29(25)33)23(31)15-13-11-9-10-12-14-16-24(32)35-22-19-27(5,6)30(34)28(7,8)20-22/h21-22H,9-20H2,1-8H3. The molecular weight excluding hydrogens is 444 g/mol. The third kappa shape index (κ3) is 8.24. The summed E-state index contributed by atoms with van der Waals surface area (Å²) in [5.41, 5.74) is -2.06. The van der Waals surface area contributed by atoms with Gasteiger partial charge in [0.1, 0.15) is 11.9 Å². The molecule has 2 aliphatic rings. The molecule has 0 bridgehead atoms. The number of hydrogen-bond donors (Lipinski definition) is 0. The monoisotopic (exact) mass is 494 g/mol. The summed E-state index contributed by atoms with van der Waals surface area (Å²) in [5, 5.41) is 27.3. The number of carbonyl (C=O) groups is 2. The van der Waals surface area contributed by atoms with Gasteiger partial charge in [-0.05, 0) is 81.1 Å². The van der Waals surface area contributed by atoms with E-state index in [9.17, 15) is 20.0 Å². The highest BCUT2D eigenvalue weighted by Gasteiger charge is 2.48. The Balaban J connectivity index is 1.57. The molecule has 0 aliphatic carbocycles. The van der Waals surface area contributed by atoms with Crippen LogP contribution in [0.4, 0.5) is 0 Å². The van der Waals surface area contributed by atoms with E-state index in [1.165, 1.54) is 5.06 Å². The molecule has 0 amide bonds. The van der Waals surface area contributed by atoms with Crippen molar-refractivity contribution < 1.29 is 24.7 Å². The van der Waals surface area contributed by atoms with Crippen LogP contribution in [0.15, 0.2) is 0 Å². The zero-order chi connectivity index (χ0) is 26.7. The number of unbranched alkanes of at least 4 members (excludes halogenated alkanes) is 5. The second-order valence-corrected chi connectivity index (χ2v) is 13.6. The number of nitrogens with zero attached hydrogens (tertiary/aromatic N) is 2. The zero-order valence-electron chi connectivity index (χ0n) is 23.6. The fourth-order valence-corrected chi connectivity index (χ4v) is 6.47. The molecule has 0 aromatic rings. The predicted octanol–water partition coefficient (Wildman–Crippen LogP) is 6.20. The van der Waals surface area contributed by atoms with Crippen LogP contribution < -0.4 is 0 Å². The average Bonchev–Trinajstić information content (AvgIpc) is 2.71. The number of ketones is 1. The van der Waals surface area contributed by atoms with Crippen LogP contribution in [-0.2, 0) is 24.7 Å². The van der Waals surface area contributed by atoms with Gasteiger partial charge in [-0.15, -0.1) is 20.5 Å². The highest BCUT2D eigenvalue weighted by Crippen LogP contribution is 2.41. The van der Waals surface area contributed by atoms with Crippen molar-refractivity contribution in [2.75, 3.05) is 0 Å². The van der Waals surface area contributed by atoms with Crippen molar-refractivity contribution in [1.82, 2.24) is 10.1 Å². The fourth-order valence-electron chi connectivity index (χ4n) is 6.47. The van der Waals surface area contributed by atoms with Gasteiger partial charge in [-0.1, -0.05) is 25.7 Å². The van der Waals surface area contributed by atoms with Gasteiger partial charge >= 0.3 is 5.97 Å². The molecule has 0 aromatic carbocycles. The molecule has 0 saturated carbocycles. The number of rotatable bonds is 11. The molecule has 2 rings (SSSR count). The second kappa shape index (κ2) is 11.6. The van der Waals surface area contributed by atoms with Gasteiger partial charge in [0.15, 0.2) is 0 Å². The fraction of sp³-hybridized carbons (Fsp3) is 0.929. The number of carbonyl (C=O) groups excluding carboxylic acids is 2. The molecule has 7 nitrogen and oxygen atoms in total. The topological polar surface area (TPSA) is 89.7 Å². The van der Waals surface area contributed by atoms with Crippen LogP contribution in [-0.4, -0.2) is 50.1 Å². The summed E-state index contributed by atoms with van der Waals surface area (Å²) in [6.07, 6.45) is 9.01. The van der Waals surface area contributed by atoms with Gasteiger partial charge in [-0.3, -0.25) is 9.59 Å². The quantitative estimate of drug-likeness (QED) is 0.252. The Kier molecular flexibility index (Phi) is 9.99. The van der Waals surface area contributed by atoms with E-state index in [0.717, 1.165) is 43.6 Å². The Morgan fingerprint density at radius 3 is 1.46 bits per heavy atom. The molecule has 0 aromatic heterocycles. The van der Waals surface area contributed by atoms with Crippen molar-refractivity contribution in [3.05, 3.63) is 0 Å². The summed E-state index contributed by atoms with van der Waals surface area (Å²) in [7, 11) is 0. The lowest BCUT2D eigenvalue weighted by Gasteiger charge is -2.49. The Bertz CT molecular complexity index is 695. The number of ether oxygens (including phenoxy) is 1. The van der Waals surface area contributed by atoms with Gasteiger partial charge in [-0.25, -0.2) is 0 Å². The third-order valence-electron chi connectivity index (χ3n) is 7.95. The lowest BCUT2D eigenvalue weighted by molar-refractivity contribution is -0.299. The number of hydrogen-bond acceptors (Lipinski definition) is 5. The Morgan fingerprint density at radius 1 is 0.629 bits per heavy atom. The lowest BCUT2D eigenvalue weighted by Crippen LogP contribution is -2.60. The van der Waals surface area contributed by atoms with Gasteiger partial charge in [0.05, 0.1) is 0 Å². The van der Waals surface area contributed by atoms with Crippen molar-refractivity contribution in [1.29, 1.82) is 0 Å². The molecule has 0 N–H and O–H groups in total. The first-order valence-electron chi connectivity index (χ1n) is 13.7. The summed E-state index contributed by atoms with van der Waals surface area (Å²) in [6, 6.07) is 0. The van der Waals surface area contributed by atoms with Gasteiger partial charge in [-0.2, -0.15) is 0 Å². The second-order valence-electron chi connectivity index (χ2n) is 13.6. The third-order valence-corrected chi connectivity index (χ3v) is 7.95. The van der Waals surface area contributed by atoms with E-state index >= 15 is 0 Å². The van der Waals surface area contributed by atoms with Crippen molar-refractivity contribution in [3.8, 4) is 0 Å². The van der Waals surface area contributed by atoms with E-state index in [-0.39, 0.29) is 18.0 Å². The van der Waals surface area contributed by atoms with Gasteiger partial charge in [0, 0.05) is 53.8 Å². The summed E-state index contributed by atoms with van der Waals surface area (Å²) in [4.78, 5) is 25.1. The molecule has 2 saturated heterocycles. The molecule has 2 heterocycles. The first-order chi connectivity index (χ1) is 16.0. The van der Waals surface area contributed by atoms with E-state index in [2.05, 4.69) is 0 Å². The average molecular weight is 495 g/mol. The van der Waals surface area contributed by atoms with Crippen LogP contribution in [0.1, 0.15) is 132 Å². The van der Waals surface area contributed by atoms with Gasteiger partial charge in [0.25, 0.3) is 0 Å². The highest BCUT2D eigenvalue weighted by atomic mass is 16.5. The molecule has 35 heavy (non-hydrogen) atoms. The number of Topliss-reactive ketones (excluding diaryl/α,β-unsaturated/α-hetero) is 1. The van der Waals surface area contributed by atoms with Crippen LogP contribution in [0.3, 0.4) is 0 Å². The summed E-state index contributed by atoms with van der Waals surface area (Å²) in [6.45, 7) is 15.4. The number of hydroxylamine groups is 4. The van der Waals surface area contributed by atoms with Crippen LogP contribution >= 0.6 is 0 Å². The van der Waals surface area contributed by atoms with Crippen molar-refractivity contribution in [2.24, 2.45) is 5.92 Å². The van der Waals surface area contributed by atoms with Crippen molar-refractivity contribution in [2.45, 2.75) is 161 Å². The SMILES string of the molecule is CC1(C)CC(OC(=O)CCCCCCCCC(=O)C2CC(C)(C)N([O])C(C)(C)C2)CC(C)(C)N1[O]. The van der Waals surface area contributed by atoms with Crippen molar-refractivity contribution in [3.63, 3.8) is 0 Å². The molecule has 0 spiro atoms. The summed E-state index contributed by atoms with van der Waals surface area (Å²) in [5.74, 6) is 0.117. The minimum atomic E-state index is -0.534. The minimum Gasteiger partial charge on any atom is -0.462 e. The Morgan fingerprint density at radius 2 is 1.00 bits per heavy atom. The van der Waals surface area contributed by atoms with E-state index in [1.807, 2.05) is 55.4 Å². The van der Waals surface area contributed by atoms with Crippen LogP contribution in [0.25, 0.3) is 0 Å². The molecule has 7 heteroatoms. The van der Waals surface area contributed by atoms with Crippen molar-refractivity contribution >= 4 is 11.8 Å². The Hall–Kier alpha value is -1.02. The van der Waals surface area contributed by atoms with E-state index in [1.54, 1.807) is 0 Å². The van der Waals surface area contributed by atoms with E-state index in [0.29, 0.717) is 44.3 Å². The molecule has 0 unspecified atom stereocenters. The summed E-state index contributed by atoms with van der Waals surface area (Å²) >= 11 is 0. The maximum atomic E-state index is 12.8. The molecule has 202 valence electrons. The highest BCUT2D eigenvalue weighted by molar-refractivity contribution is 5.81. The zero-order valence-corrected chi connectivity index (χ0v) is 23.6. The summed E-state index contributed by atoms with van der Waals surface area (Å²) < 4.78 is 5.71. The van der Waals surface area contributed by atoms with Crippen LogP contribution in [0, 0.1) is 5.92 Å². The molecule has 2 radical (unpaired) electrons. The largest absolute Gasteiger partial charge is 0.462 e. The van der Waals surface area contributed by atoms with E-state index in [4.69, 9.17) is 4.74 Å². The number of piperidine rings is 2. The molecule has 2 fully saturated rings. The van der Waals surface area contributed by atoms with Gasteiger partial charge in [0.2, 0.25) is 0 Å². The van der Waals surface area contributed by atoms with E-state index < -0.39 is 22.2 Å². The molecule has 2 aliphatic heterocycles. The minimum absolute atomic E-state index is 0.0201. The molecular formula is C28H50N2O5. The normalized spacial score (nSPS) is 24.9. The lowest BCUT2D eigenvalue weighted by atomic mass is 9.73. The first-order valence-corrected chi connectivity index (χ1v) is 13.7. The first kappa shape index (κ1) is 30.2. The predicted molar refractivity (Wildman–Crippen MR) is 135 cm³/mol. The maximum Gasteiger partial charge on any atom is 0.306 e. The molecule has 0 atom stereocenters. The Labute approximate surface area is 213 Å². The van der Waals surface area contributed by atoms with Gasteiger partial charge < -0.3 is 4.74 Å². The number of esters is 1. The van der Waals surface area contributed by atoms with Crippen LogP contribution in [0.2, 0.25) is 0 Å². The maximum absolute atomic E-state index is 12.8. The van der Waals surface area contributed by atoms with Crippen LogP contribution in [0.5, 0.6) is 0 Å². The smallest absolute Gasteiger partial charge is 0.306 e.